The molecule has 1 radical (unpaired) electrons. The van der Waals surface area contributed by atoms with Gasteiger partial charge in [0, 0.05) is 19.5 Å². The van der Waals surface area contributed by atoms with E-state index >= 15 is 0 Å². The van der Waals surface area contributed by atoms with Gasteiger partial charge in [0.15, 0.2) is 0 Å². The monoisotopic (exact) mass is 216 g/mol. The van der Waals surface area contributed by atoms with Gasteiger partial charge >= 0.3 is 0 Å². The minimum Gasteiger partial charge on any atom is -0.660 e. The fraction of sp³-hybridized carbons (Fsp3) is 1.00. The Morgan fingerprint density at radius 2 is 1.89 bits per heavy atom. The van der Waals surface area contributed by atoms with Crippen LogP contribution in [-0.4, -0.2) is 37.6 Å². The number of rotatable bonds is 1. The van der Waals surface area contributed by atoms with Crippen molar-refractivity contribution in [3.05, 3.63) is 5.32 Å². The van der Waals surface area contributed by atoms with Gasteiger partial charge in [-0.2, -0.15) is 0 Å². The summed E-state index contributed by atoms with van der Waals surface area (Å²) in [5.74, 6) is 0. The van der Waals surface area contributed by atoms with Crippen LogP contribution in [0.25, 0.3) is 5.32 Å². The third kappa shape index (κ3) is 3.29. The van der Waals surface area contributed by atoms with Crippen LogP contribution in [0.2, 0.25) is 0 Å². The van der Waals surface area contributed by atoms with Crippen molar-refractivity contribution in [1.82, 2.24) is 4.90 Å². The van der Waals surface area contributed by atoms with Gasteiger partial charge in [-0.25, -0.2) is 0 Å². The number of nitrogens with zero attached hydrogens (tertiary/aromatic N) is 2. The summed E-state index contributed by atoms with van der Waals surface area (Å²) in [6, 6.07) is 0. The summed E-state index contributed by atoms with van der Waals surface area (Å²) in [6.45, 7) is 7.84. The molecule has 0 aromatic carbocycles. The van der Waals surface area contributed by atoms with Crippen molar-refractivity contribution in [2.45, 2.75) is 6.92 Å². The van der Waals surface area contributed by atoms with Crippen LogP contribution in [0.1, 0.15) is 6.92 Å². The fourth-order valence-corrected chi connectivity index (χ4v) is 0.964. The summed E-state index contributed by atoms with van der Waals surface area (Å²) < 4.78 is 0. The van der Waals surface area contributed by atoms with Gasteiger partial charge in [0.1, 0.15) is 0 Å². The molecule has 0 amide bonds. The molecule has 0 unspecified atom stereocenters. The van der Waals surface area contributed by atoms with E-state index in [1.165, 1.54) is 19.6 Å². The Morgan fingerprint density at radius 3 is 2.22 bits per heavy atom. The molecule has 0 saturated carbocycles. The zero-order chi connectivity index (χ0) is 5.82. The van der Waals surface area contributed by atoms with Crippen LogP contribution < -0.4 is 0 Å². The van der Waals surface area contributed by atoms with Crippen LogP contribution in [0.15, 0.2) is 0 Å². The van der Waals surface area contributed by atoms with E-state index in [1.54, 1.807) is 0 Å². The van der Waals surface area contributed by atoms with E-state index in [2.05, 4.69) is 17.1 Å². The van der Waals surface area contributed by atoms with Crippen molar-refractivity contribution in [1.29, 1.82) is 0 Å². The Balaban J connectivity index is 0.000000640. The molecule has 1 fully saturated rings. The zero-order valence-electron chi connectivity index (χ0n) is 5.76. The molecule has 0 N–H and O–H groups in total. The summed E-state index contributed by atoms with van der Waals surface area (Å²) in [6.07, 6.45) is 0. The molecule has 0 aromatic rings. The average molecular weight is 216 g/mol. The number of hydrogen-bond donors (Lipinski definition) is 0. The van der Waals surface area contributed by atoms with E-state index in [-0.39, 0.29) is 19.5 Å². The number of hydrogen-bond acceptors (Lipinski definition) is 1. The second-order valence-electron chi connectivity index (χ2n) is 2.11. The average Bonchev–Trinajstić information content (AvgIpc) is 1.90. The Hall–Kier alpha value is 0.543. The van der Waals surface area contributed by atoms with Crippen molar-refractivity contribution in [2.24, 2.45) is 0 Å². The third-order valence-electron chi connectivity index (χ3n) is 1.60. The smallest absolute Gasteiger partial charge is 0 e. The normalized spacial score (nSPS) is 21.0. The van der Waals surface area contributed by atoms with E-state index in [4.69, 9.17) is 0 Å². The van der Waals surface area contributed by atoms with Crippen molar-refractivity contribution in [2.75, 3.05) is 32.7 Å². The third-order valence-corrected chi connectivity index (χ3v) is 1.60. The molecule has 57 valence electrons. The molecule has 0 aliphatic carbocycles. The van der Waals surface area contributed by atoms with E-state index in [9.17, 15) is 0 Å². The van der Waals surface area contributed by atoms with Crippen molar-refractivity contribution in [3.63, 3.8) is 0 Å². The van der Waals surface area contributed by atoms with Crippen LogP contribution in [0.4, 0.5) is 0 Å². The molecule has 2 nitrogen and oxygen atoms in total. The Bertz CT molecular complexity index is 62.1. The number of likely N-dealkylation sites (N-methyl/N-ethyl adjacent to an activating group) is 1. The van der Waals surface area contributed by atoms with Gasteiger partial charge in [0.2, 0.25) is 0 Å². The molecular formula is C6H13N2Rh-. The van der Waals surface area contributed by atoms with Gasteiger partial charge in [0.25, 0.3) is 0 Å². The maximum absolute atomic E-state index is 4.23. The Morgan fingerprint density at radius 1 is 1.33 bits per heavy atom. The van der Waals surface area contributed by atoms with Crippen LogP contribution in [0.3, 0.4) is 0 Å². The first-order chi connectivity index (χ1) is 3.93. The van der Waals surface area contributed by atoms with E-state index < -0.39 is 0 Å². The SMILES string of the molecule is CCN1CC[N-]CC1.[Rh]. The molecular weight excluding hydrogens is 203 g/mol. The van der Waals surface area contributed by atoms with Crippen molar-refractivity contribution >= 4 is 0 Å². The van der Waals surface area contributed by atoms with E-state index in [0.717, 1.165) is 13.1 Å². The molecule has 0 spiro atoms. The maximum Gasteiger partial charge on any atom is 0 e. The van der Waals surface area contributed by atoms with Gasteiger partial charge in [-0.05, 0) is 19.6 Å². The summed E-state index contributed by atoms with van der Waals surface area (Å²) in [4.78, 5) is 2.42. The quantitative estimate of drug-likeness (QED) is 0.589. The van der Waals surface area contributed by atoms with Crippen molar-refractivity contribution in [3.8, 4) is 0 Å². The number of piperazine rings is 1. The van der Waals surface area contributed by atoms with Gasteiger partial charge in [0.05, 0.1) is 0 Å². The molecule has 0 atom stereocenters. The zero-order valence-corrected chi connectivity index (χ0v) is 7.40. The van der Waals surface area contributed by atoms with Crippen LogP contribution in [0.5, 0.6) is 0 Å². The predicted molar refractivity (Wildman–Crippen MR) is 35.2 cm³/mol. The summed E-state index contributed by atoms with van der Waals surface area (Å²) in [5, 5.41) is 4.23. The molecule has 1 aliphatic rings. The molecule has 1 saturated heterocycles. The standard InChI is InChI=1S/C6H13N2.Rh/c1-2-8-5-3-7-4-6-8;/h2-6H2,1H3;/q-1;. The Labute approximate surface area is 69.8 Å². The first kappa shape index (κ1) is 9.54. The second-order valence-corrected chi connectivity index (χ2v) is 2.11. The van der Waals surface area contributed by atoms with Crippen LogP contribution >= 0.6 is 0 Å². The molecule has 1 rings (SSSR count). The topological polar surface area (TPSA) is 17.3 Å². The fourth-order valence-electron chi connectivity index (χ4n) is 0.964. The van der Waals surface area contributed by atoms with Crippen molar-refractivity contribution < 1.29 is 19.5 Å². The maximum atomic E-state index is 4.23. The Kier molecular flexibility index (Phi) is 5.66. The van der Waals surface area contributed by atoms with Gasteiger partial charge in [-0.3, -0.25) is 0 Å². The summed E-state index contributed by atoms with van der Waals surface area (Å²) in [5.41, 5.74) is 0. The molecule has 1 heterocycles. The molecule has 0 bridgehead atoms. The first-order valence-corrected chi connectivity index (χ1v) is 3.29. The van der Waals surface area contributed by atoms with E-state index in [1.807, 2.05) is 0 Å². The largest absolute Gasteiger partial charge is 0.660 e. The molecule has 9 heavy (non-hydrogen) atoms. The summed E-state index contributed by atoms with van der Waals surface area (Å²) >= 11 is 0. The van der Waals surface area contributed by atoms with E-state index in [0.29, 0.717) is 0 Å². The minimum atomic E-state index is 0. The first-order valence-electron chi connectivity index (χ1n) is 3.29. The molecule has 0 aromatic heterocycles. The van der Waals surface area contributed by atoms with Gasteiger partial charge < -0.3 is 10.2 Å². The second kappa shape index (κ2) is 5.34. The summed E-state index contributed by atoms with van der Waals surface area (Å²) in [7, 11) is 0. The predicted octanol–water partition coefficient (Wildman–Crippen LogP) is 0.693. The van der Waals surface area contributed by atoms with Crippen LogP contribution in [-0.2, 0) is 19.5 Å². The van der Waals surface area contributed by atoms with Crippen LogP contribution in [0, 0.1) is 0 Å². The van der Waals surface area contributed by atoms with Gasteiger partial charge in [-0.1, -0.05) is 6.92 Å². The van der Waals surface area contributed by atoms with Gasteiger partial charge in [-0.15, -0.1) is 13.1 Å². The molecule has 3 heteroatoms. The minimum absolute atomic E-state index is 0. The molecule has 1 aliphatic heterocycles.